The number of aliphatic carboxylic acids is 1. The number of hydrogen-bond donors (Lipinski definition) is 1. The average Bonchev–Trinajstić information content (AvgIpc) is 3.23. The molecule has 0 radical (unpaired) electrons. The van der Waals surface area contributed by atoms with E-state index in [0.717, 1.165) is 50.7 Å². The smallest absolute Gasteiger partial charge is 0.303 e. The third kappa shape index (κ3) is 4.91. The Labute approximate surface area is 225 Å². The van der Waals surface area contributed by atoms with E-state index < -0.39 is 5.97 Å². The standard InChI is InChI=1S/C33H25ClN2O2/c34-26-13-11-25-12-15-27(35-30(25)20-26)14-8-22-4-3-5-24(18-22)21-36-31-7-2-1-6-28(31)29-19-23(9-16-32(29)36)10-17-33(37)38/h1-9,11-16,18-20H,10,17,21H2,(H,37,38)/b14-8+. The zero-order valence-electron chi connectivity index (χ0n) is 20.6. The van der Waals surface area contributed by atoms with Crippen molar-refractivity contribution in [2.45, 2.75) is 19.4 Å². The number of halogens is 1. The van der Waals surface area contributed by atoms with Gasteiger partial charge in [0.2, 0.25) is 0 Å². The summed E-state index contributed by atoms with van der Waals surface area (Å²) in [7, 11) is 0. The van der Waals surface area contributed by atoms with Gasteiger partial charge in [0, 0.05) is 45.2 Å². The Morgan fingerprint density at radius 1 is 0.816 bits per heavy atom. The fraction of sp³-hybridized carbons (Fsp3) is 0.0909. The first kappa shape index (κ1) is 24.0. The lowest BCUT2D eigenvalue weighted by Gasteiger charge is -2.09. The van der Waals surface area contributed by atoms with Crippen molar-refractivity contribution in [1.82, 2.24) is 9.55 Å². The van der Waals surface area contributed by atoms with Crippen LogP contribution in [0.4, 0.5) is 0 Å². The van der Waals surface area contributed by atoms with Gasteiger partial charge in [-0.15, -0.1) is 0 Å². The normalized spacial score (nSPS) is 11.7. The minimum absolute atomic E-state index is 0.132. The predicted octanol–water partition coefficient (Wildman–Crippen LogP) is 8.23. The highest BCUT2D eigenvalue weighted by molar-refractivity contribution is 6.31. The molecular weight excluding hydrogens is 492 g/mol. The summed E-state index contributed by atoms with van der Waals surface area (Å²) in [6.07, 6.45) is 4.77. The number of carboxylic acid groups (broad SMARTS) is 1. The molecule has 0 saturated carbocycles. The molecule has 0 amide bonds. The number of nitrogens with zero attached hydrogens (tertiary/aromatic N) is 2. The van der Waals surface area contributed by atoms with Crippen molar-refractivity contribution in [1.29, 1.82) is 0 Å². The highest BCUT2D eigenvalue weighted by atomic mass is 35.5. The summed E-state index contributed by atoms with van der Waals surface area (Å²) >= 11 is 6.14. The van der Waals surface area contributed by atoms with Crippen molar-refractivity contribution in [3.05, 3.63) is 124 Å². The van der Waals surface area contributed by atoms with E-state index in [1.807, 2.05) is 36.4 Å². The maximum atomic E-state index is 11.1. The second-order valence-electron chi connectivity index (χ2n) is 9.50. The van der Waals surface area contributed by atoms with Crippen LogP contribution in [-0.4, -0.2) is 20.6 Å². The van der Waals surface area contributed by atoms with Crippen LogP contribution in [0.5, 0.6) is 0 Å². The maximum absolute atomic E-state index is 11.1. The number of aryl methyl sites for hydroxylation is 1. The van der Waals surface area contributed by atoms with Crippen LogP contribution in [0.2, 0.25) is 5.02 Å². The number of fused-ring (bicyclic) bond motifs is 4. The Balaban J connectivity index is 1.31. The highest BCUT2D eigenvalue weighted by Gasteiger charge is 2.12. The molecule has 0 unspecified atom stereocenters. The minimum atomic E-state index is -0.776. The first-order chi connectivity index (χ1) is 18.5. The lowest BCUT2D eigenvalue weighted by atomic mass is 10.1. The molecule has 5 heteroatoms. The van der Waals surface area contributed by atoms with Gasteiger partial charge in [0.1, 0.15) is 0 Å². The molecule has 0 atom stereocenters. The summed E-state index contributed by atoms with van der Waals surface area (Å²) in [6, 6.07) is 33.0. The number of carboxylic acids is 1. The Morgan fingerprint density at radius 2 is 1.66 bits per heavy atom. The Hall–Kier alpha value is -4.41. The van der Waals surface area contributed by atoms with Gasteiger partial charge in [0.25, 0.3) is 0 Å². The van der Waals surface area contributed by atoms with Crippen LogP contribution < -0.4 is 0 Å². The van der Waals surface area contributed by atoms with Gasteiger partial charge in [0.15, 0.2) is 0 Å². The van der Waals surface area contributed by atoms with Gasteiger partial charge in [-0.05, 0) is 71.7 Å². The lowest BCUT2D eigenvalue weighted by molar-refractivity contribution is -0.136. The summed E-state index contributed by atoms with van der Waals surface area (Å²) in [5, 5.41) is 13.2. The summed E-state index contributed by atoms with van der Waals surface area (Å²) in [4.78, 5) is 15.8. The third-order valence-electron chi connectivity index (χ3n) is 6.88. The number of benzene rings is 4. The fourth-order valence-electron chi connectivity index (χ4n) is 5.04. The SMILES string of the molecule is O=C(O)CCc1ccc2c(c1)c1ccccc1n2Cc1cccc(/C=C/c2ccc3ccc(Cl)cc3n2)c1. The number of carbonyl (C=O) groups is 1. The van der Waals surface area contributed by atoms with Gasteiger partial charge < -0.3 is 9.67 Å². The molecule has 4 aromatic carbocycles. The molecule has 38 heavy (non-hydrogen) atoms. The predicted molar refractivity (Wildman–Crippen MR) is 157 cm³/mol. The van der Waals surface area contributed by atoms with Crippen LogP contribution in [0, 0.1) is 0 Å². The van der Waals surface area contributed by atoms with Gasteiger partial charge >= 0.3 is 5.97 Å². The molecule has 0 aliphatic carbocycles. The number of aromatic nitrogens is 2. The fourth-order valence-corrected chi connectivity index (χ4v) is 5.20. The summed E-state index contributed by atoms with van der Waals surface area (Å²) in [6.45, 7) is 0.729. The van der Waals surface area contributed by atoms with Gasteiger partial charge in [-0.1, -0.05) is 72.3 Å². The van der Waals surface area contributed by atoms with Crippen LogP contribution in [-0.2, 0) is 17.8 Å². The van der Waals surface area contributed by atoms with Crippen LogP contribution in [0.3, 0.4) is 0 Å². The summed E-state index contributed by atoms with van der Waals surface area (Å²) in [5.41, 5.74) is 7.41. The number of rotatable bonds is 7. The highest BCUT2D eigenvalue weighted by Crippen LogP contribution is 2.31. The molecule has 0 saturated heterocycles. The van der Waals surface area contributed by atoms with Gasteiger partial charge in [-0.2, -0.15) is 0 Å². The van der Waals surface area contributed by atoms with Crippen LogP contribution in [0.15, 0.2) is 97.1 Å². The monoisotopic (exact) mass is 516 g/mol. The van der Waals surface area contributed by atoms with E-state index in [1.165, 1.54) is 10.9 Å². The van der Waals surface area contributed by atoms with Gasteiger partial charge in [-0.3, -0.25) is 4.79 Å². The van der Waals surface area contributed by atoms with Crippen molar-refractivity contribution in [2.75, 3.05) is 0 Å². The maximum Gasteiger partial charge on any atom is 0.303 e. The zero-order chi connectivity index (χ0) is 26.1. The Morgan fingerprint density at radius 3 is 2.55 bits per heavy atom. The van der Waals surface area contributed by atoms with Gasteiger partial charge in [0.05, 0.1) is 11.2 Å². The Kier molecular flexibility index (Phi) is 6.40. The zero-order valence-corrected chi connectivity index (χ0v) is 21.4. The average molecular weight is 517 g/mol. The molecular formula is C33H25ClN2O2. The van der Waals surface area contributed by atoms with Gasteiger partial charge in [-0.25, -0.2) is 4.98 Å². The summed E-state index contributed by atoms with van der Waals surface area (Å²) < 4.78 is 2.34. The second kappa shape index (κ2) is 10.2. The number of pyridine rings is 1. The second-order valence-corrected chi connectivity index (χ2v) is 9.94. The van der Waals surface area contributed by atoms with Crippen molar-refractivity contribution >= 4 is 62.4 Å². The van der Waals surface area contributed by atoms with E-state index in [9.17, 15) is 4.79 Å². The third-order valence-corrected chi connectivity index (χ3v) is 7.11. The molecule has 0 bridgehead atoms. The van der Waals surface area contributed by atoms with E-state index in [2.05, 4.69) is 77.4 Å². The Bertz CT molecular complexity index is 1850. The quantitative estimate of drug-likeness (QED) is 0.232. The van der Waals surface area contributed by atoms with E-state index in [4.69, 9.17) is 21.7 Å². The van der Waals surface area contributed by atoms with Crippen molar-refractivity contribution in [2.24, 2.45) is 0 Å². The van der Waals surface area contributed by atoms with Crippen molar-refractivity contribution in [3.8, 4) is 0 Å². The molecule has 0 aliphatic rings. The first-order valence-electron chi connectivity index (χ1n) is 12.6. The van der Waals surface area contributed by atoms with E-state index in [1.54, 1.807) is 0 Å². The number of hydrogen-bond acceptors (Lipinski definition) is 2. The van der Waals surface area contributed by atoms with E-state index >= 15 is 0 Å². The molecule has 4 nitrogen and oxygen atoms in total. The number of para-hydroxylation sites is 1. The van der Waals surface area contributed by atoms with Crippen LogP contribution in [0.1, 0.15) is 28.8 Å². The van der Waals surface area contributed by atoms with Crippen LogP contribution >= 0.6 is 11.6 Å². The molecule has 6 rings (SSSR count). The molecule has 2 heterocycles. The topological polar surface area (TPSA) is 55.1 Å². The first-order valence-corrected chi connectivity index (χ1v) is 13.0. The van der Waals surface area contributed by atoms with Crippen molar-refractivity contribution in [3.63, 3.8) is 0 Å². The van der Waals surface area contributed by atoms with Crippen molar-refractivity contribution < 1.29 is 9.90 Å². The molecule has 2 aromatic heterocycles. The van der Waals surface area contributed by atoms with E-state index in [-0.39, 0.29) is 6.42 Å². The molecule has 0 aliphatic heterocycles. The molecule has 0 fully saturated rings. The largest absolute Gasteiger partial charge is 0.481 e. The minimum Gasteiger partial charge on any atom is -0.481 e. The lowest BCUT2D eigenvalue weighted by Crippen LogP contribution is -2.00. The summed E-state index contributed by atoms with van der Waals surface area (Å²) in [5.74, 6) is -0.776. The van der Waals surface area contributed by atoms with E-state index in [0.29, 0.717) is 11.4 Å². The molecule has 0 spiro atoms. The van der Waals surface area contributed by atoms with Crippen LogP contribution in [0.25, 0.3) is 44.9 Å². The molecule has 1 N–H and O–H groups in total. The molecule has 186 valence electrons. The molecule has 6 aromatic rings.